The first-order chi connectivity index (χ1) is 14.3. The van der Waals surface area contributed by atoms with Gasteiger partial charge < -0.3 is 10.1 Å². The first-order valence-corrected chi connectivity index (χ1v) is 9.03. The molecule has 9 heteroatoms. The molecule has 1 amide bonds. The first kappa shape index (κ1) is 21.1. The Hall–Kier alpha value is -3.62. The second-order valence-corrected chi connectivity index (χ2v) is 6.32. The molecule has 1 N–H and O–H groups in total. The van der Waals surface area contributed by atoms with Gasteiger partial charge in [-0.05, 0) is 49.4 Å². The van der Waals surface area contributed by atoms with Crippen LogP contribution in [0.1, 0.15) is 12.5 Å². The van der Waals surface area contributed by atoms with E-state index < -0.39 is 23.2 Å². The number of anilines is 1. The Kier molecular flexibility index (Phi) is 6.20. The van der Waals surface area contributed by atoms with E-state index in [0.29, 0.717) is 23.6 Å². The highest BCUT2D eigenvalue weighted by Gasteiger charge is 2.30. The maximum atomic E-state index is 12.8. The Labute approximate surface area is 170 Å². The molecule has 6 nitrogen and oxygen atoms in total. The van der Waals surface area contributed by atoms with Crippen molar-refractivity contribution in [1.29, 1.82) is 0 Å². The molecular weight excluding hydrogens is 399 g/mol. The van der Waals surface area contributed by atoms with E-state index in [0.717, 1.165) is 16.7 Å². The lowest BCUT2D eigenvalue weighted by Crippen LogP contribution is -2.27. The minimum absolute atomic E-state index is 0.0122. The number of rotatable bonds is 6. The molecule has 0 fully saturated rings. The molecule has 0 unspecified atom stereocenters. The number of benzene rings is 2. The molecule has 0 bridgehead atoms. The molecule has 3 aromatic rings. The normalized spacial score (nSPS) is 11.2. The molecule has 0 aliphatic carbocycles. The third-order valence-corrected chi connectivity index (χ3v) is 4.13. The van der Waals surface area contributed by atoms with E-state index in [1.54, 1.807) is 24.3 Å². The van der Waals surface area contributed by atoms with E-state index in [9.17, 15) is 22.8 Å². The highest BCUT2D eigenvalue weighted by atomic mass is 19.4. The molecule has 0 spiro atoms. The summed E-state index contributed by atoms with van der Waals surface area (Å²) in [7, 11) is 0. The molecule has 156 valence electrons. The second kappa shape index (κ2) is 8.81. The lowest BCUT2D eigenvalue weighted by atomic mass is 10.1. The Morgan fingerprint density at radius 2 is 1.87 bits per heavy atom. The molecular formula is C21H18F3N3O3. The predicted octanol–water partition coefficient (Wildman–Crippen LogP) is 3.97. The number of carbonyl (C=O) groups excluding carboxylic acids is 1. The Morgan fingerprint density at radius 3 is 2.50 bits per heavy atom. The summed E-state index contributed by atoms with van der Waals surface area (Å²) in [6.45, 7) is 2.03. The van der Waals surface area contributed by atoms with Crippen LogP contribution in [0.2, 0.25) is 0 Å². The van der Waals surface area contributed by atoms with Crippen molar-refractivity contribution < 1.29 is 22.7 Å². The molecule has 0 aliphatic heterocycles. The summed E-state index contributed by atoms with van der Waals surface area (Å²) in [4.78, 5) is 28.7. The zero-order chi connectivity index (χ0) is 21.7. The molecule has 0 saturated carbocycles. The van der Waals surface area contributed by atoms with Gasteiger partial charge >= 0.3 is 6.18 Å². The van der Waals surface area contributed by atoms with Gasteiger partial charge in [0.25, 0.3) is 5.56 Å². The second-order valence-electron chi connectivity index (χ2n) is 6.32. The highest BCUT2D eigenvalue weighted by Crippen LogP contribution is 2.30. The van der Waals surface area contributed by atoms with Crippen LogP contribution in [0.25, 0.3) is 11.3 Å². The maximum absolute atomic E-state index is 12.8. The van der Waals surface area contributed by atoms with Crippen molar-refractivity contribution in [2.75, 3.05) is 11.9 Å². The van der Waals surface area contributed by atoms with Crippen molar-refractivity contribution >= 4 is 11.6 Å². The van der Waals surface area contributed by atoms with E-state index in [1.165, 1.54) is 24.5 Å². The van der Waals surface area contributed by atoms with Crippen molar-refractivity contribution in [3.05, 3.63) is 76.8 Å². The van der Waals surface area contributed by atoms with E-state index >= 15 is 0 Å². The number of ether oxygens (including phenoxy) is 1. The first-order valence-electron chi connectivity index (χ1n) is 9.03. The SMILES string of the molecule is CCOc1ccc(-c2cc(=O)n(CC(=O)Nc3cccc(C(F)(F)F)c3)cn2)cc1. The summed E-state index contributed by atoms with van der Waals surface area (Å²) in [5.74, 6) is 0.0490. The Balaban J connectivity index is 1.70. The number of halogens is 3. The summed E-state index contributed by atoms with van der Waals surface area (Å²) in [6.07, 6.45) is -3.29. The van der Waals surface area contributed by atoms with Gasteiger partial charge in [0.15, 0.2) is 0 Å². The van der Waals surface area contributed by atoms with Crippen LogP contribution in [-0.4, -0.2) is 22.1 Å². The van der Waals surface area contributed by atoms with Crippen LogP contribution in [0.15, 0.2) is 65.7 Å². The van der Waals surface area contributed by atoms with Gasteiger partial charge in [-0.15, -0.1) is 0 Å². The van der Waals surface area contributed by atoms with Crippen LogP contribution < -0.4 is 15.6 Å². The lowest BCUT2D eigenvalue weighted by Gasteiger charge is -2.11. The topological polar surface area (TPSA) is 73.2 Å². The summed E-state index contributed by atoms with van der Waals surface area (Å²) >= 11 is 0. The van der Waals surface area contributed by atoms with E-state index in [-0.39, 0.29) is 12.2 Å². The smallest absolute Gasteiger partial charge is 0.416 e. The molecule has 1 heterocycles. The number of nitrogens with one attached hydrogen (secondary N) is 1. The molecule has 2 aromatic carbocycles. The summed E-state index contributed by atoms with van der Waals surface area (Å²) in [5, 5.41) is 2.35. The number of aromatic nitrogens is 2. The molecule has 0 atom stereocenters. The molecule has 3 rings (SSSR count). The van der Waals surface area contributed by atoms with Crippen molar-refractivity contribution in [1.82, 2.24) is 9.55 Å². The molecule has 0 aliphatic rings. The number of nitrogens with zero attached hydrogens (tertiary/aromatic N) is 2. The number of amides is 1. The lowest BCUT2D eigenvalue weighted by molar-refractivity contribution is -0.137. The number of carbonyl (C=O) groups is 1. The van der Waals surface area contributed by atoms with Gasteiger partial charge in [-0.2, -0.15) is 13.2 Å². The van der Waals surface area contributed by atoms with E-state index in [1.807, 2.05) is 6.92 Å². The number of alkyl halides is 3. The fourth-order valence-electron chi connectivity index (χ4n) is 2.72. The summed E-state index contributed by atoms with van der Waals surface area (Å²) in [5.41, 5.74) is -0.220. The summed E-state index contributed by atoms with van der Waals surface area (Å²) in [6, 6.07) is 12.6. The fourth-order valence-corrected chi connectivity index (χ4v) is 2.72. The monoisotopic (exact) mass is 417 g/mol. The van der Waals surface area contributed by atoms with Gasteiger partial charge in [-0.25, -0.2) is 4.98 Å². The largest absolute Gasteiger partial charge is 0.494 e. The van der Waals surface area contributed by atoms with Gasteiger partial charge in [-0.3, -0.25) is 14.2 Å². The van der Waals surface area contributed by atoms with Crippen LogP contribution in [0, 0.1) is 0 Å². The molecule has 0 radical (unpaired) electrons. The van der Waals surface area contributed by atoms with Crippen molar-refractivity contribution in [2.45, 2.75) is 19.6 Å². The highest BCUT2D eigenvalue weighted by molar-refractivity contribution is 5.90. The van der Waals surface area contributed by atoms with Gasteiger partial charge in [0.1, 0.15) is 12.3 Å². The van der Waals surface area contributed by atoms with Gasteiger partial charge in [0, 0.05) is 17.3 Å². The van der Waals surface area contributed by atoms with Crippen LogP contribution >= 0.6 is 0 Å². The average Bonchev–Trinajstić information content (AvgIpc) is 2.70. The third kappa shape index (κ3) is 5.25. The van der Waals surface area contributed by atoms with Gasteiger partial charge in [0.2, 0.25) is 5.91 Å². The quantitative estimate of drug-likeness (QED) is 0.659. The third-order valence-electron chi connectivity index (χ3n) is 4.13. The number of hydrogen-bond donors (Lipinski definition) is 1. The fraction of sp³-hybridized carbons (Fsp3) is 0.190. The molecule has 1 aromatic heterocycles. The molecule has 0 saturated heterocycles. The van der Waals surface area contributed by atoms with Crippen LogP contribution in [0.5, 0.6) is 5.75 Å². The van der Waals surface area contributed by atoms with E-state index in [2.05, 4.69) is 10.3 Å². The van der Waals surface area contributed by atoms with Crippen LogP contribution in [-0.2, 0) is 17.5 Å². The van der Waals surface area contributed by atoms with Crippen molar-refractivity contribution in [3.63, 3.8) is 0 Å². The van der Waals surface area contributed by atoms with Crippen LogP contribution in [0.3, 0.4) is 0 Å². The predicted molar refractivity (Wildman–Crippen MR) is 105 cm³/mol. The maximum Gasteiger partial charge on any atom is 0.416 e. The molecule has 30 heavy (non-hydrogen) atoms. The zero-order valence-corrected chi connectivity index (χ0v) is 15.9. The summed E-state index contributed by atoms with van der Waals surface area (Å²) < 4.78 is 44.7. The zero-order valence-electron chi connectivity index (χ0n) is 15.9. The minimum Gasteiger partial charge on any atom is -0.494 e. The Morgan fingerprint density at radius 1 is 1.13 bits per heavy atom. The minimum atomic E-state index is -4.52. The van der Waals surface area contributed by atoms with Crippen molar-refractivity contribution in [3.8, 4) is 17.0 Å². The van der Waals surface area contributed by atoms with Gasteiger partial charge in [0.05, 0.1) is 24.2 Å². The number of hydrogen-bond acceptors (Lipinski definition) is 4. The van der Waals surface area contributed by atoms with Gasteiger partial charge in [-0.1, -0.05) is 6.07 Å². The van der Waals surface area contributed by atoms with Crippen LogP contribution in [0.4, 0.5) is 18.9 Å². The van der Waals surface area contributed by atoms with E-state index in [4.69, 9.17) is 4.74 Å². The standard InChI is InChI=1S/C21H18F3N3O3/c1-2-30-17-8-6-14(7-9-17)18-11-20(29)27(13-25-18)12-19(28)26-16-5-3-4-15(10-16)21(22,23)24/h3-11,13H,2,12H2,1H3,(H,26,28). The average molecular weight is 417 g/mol. The Bertz CT molecular complexity index is 1090. The van der Waals surface area contributed by atoms with Crippen molar-refractivity contribution in [2.24, 2.45) is 0 Å².